The minimum atomic E-state index is -0.486. The summed E-state index contributed by atoms with van der Waals surface area (Å²) in [5.41, 5.74) is 3.33. The molecule has 2 bridgehead atoms. The second kappa shape index (κ2) is 8.50. The number of aliphatic hydroxyl groups is 1. The Bertz CT molecular complexity index is 1020. The van der Waals surface area contributed by atoms with Crippen LogP contribution >= 0.6 is 0 Å². The van der Waals surface area contributed by atoms with Gasteiger partial charge in [0.15, 0.2) is 0 Å². The van der Waals surface area contributed by atoms with E-state index in [1.807, 2.05) is 30.5 Å². The molecular formula is C26H29ClN2O. The lowest BCUT2D eigenvalue weighted by Gasteiger charge is -2.58. The lowest BCUT2D eigenvalue weighted by atomic mass is 9.71. The molecular weight excluding hydrogens is 392 g/mol. The maximum atomic E-state index is 11.7. The van der Waals surface area contributed by atoms with Crippen LogP contribution in [0.5, 0.6) is 0 Å². The van der Waals surface area contributed by atoms with Crippen LogP contribution in [0.15, 0.2) is 79.5 Å². The average molecular weight is 421 g/mol. The van der Waals surface area contributed by atoms with E-state index in [2.05, 4.69) is 54.0 Å². The number of halogens is 1. The standard InChI is InChI=1S/C26H29N2O.ClH/c1-2-20-18-28(17-19-8-4-3-5-9-19)15-13-21(20)16-25(28)26(29)23-12-14-27-24-11-7-6-10-22(23)24;/h2-12,14,20-21,25-26,29H,1,13,15-18H2;1H/q+1;/p-1/t20?,21?,25-,26+,28?;/m1./s1. The molecule has 0 amide bonds. The van der Waals surface area contributed by atoms with Crippen molar-refractivity contribution in [2.24, 2.45) is 11.8 Å². The first-order chi connectivity index (χ1) is 14.2. The van der Waals surface area contributed by atoms with Gasteiger partial charge in [-0.25, -0.2) is 0 Å². The fraction of sp³-hybridized carbons (Fsp3) is 0.346. The van der Waals surface area contributed by atoms with Gasteiger partial charge in [-0.1, -0.05) is 54.6 Å². The first kappa shape index (κ1) is 21.0. The summed E-state index contributed by atoms with van der Waals surface area (Å²) in [7, 11) is 0. The van der Waals surface area contributed by atoms with E-state index in [0.717, 1.165) is 47.0 Å². The molecule has 6 rings (SSSR count). The number of rotatable bonds is 5. The Hall–Kier alpha value is -2.20. The fourth-order valence-electron chi connectivity index (χ4n) is 5.91. The molecule has 0 aliphatic carbocycles. The predicted octanol–water partition coefficient (Wildman–Crippen LogP) is 1.88. The van der Waals surface area contributed by atoms with Gasteiger partial charge in [-0.15, -0.1) is 6.58 Å². The van der Waals surface area contributed by atoms with Crippen molar-refractivity contribution in [1.29, 1.82) is 0 Å². The normalized spacial score (nSPS) is 28.6. The zero-order chi connectivity index (χ0) is 19.8. The first-order valence-corrected chi connectivity index (χ1v) is 10.7. The number of aliphatic hydroxyl groups excluding tert-OH is 1. The van der Waals surface area contributed by atoms with Gasteiger partial charge in [0.2, 0.25) is 0 Å². The molecule has 30 heavy (non-hydrogen) atoms. The van der Waals surface area contributed by atoms with Crippen LogP contribution in [0.4, 0.5) is 0 Å². The average Bonchev–Trinajstić information content (AvgIpc) is 2.78. The van der Waals surface area contributed by atoms with Crippen LogP contribution in [0, 0.1) is 11.8 Å². The van der Waals surface area contributed by atoms with Crippen molar-refractivity contribution in [1.82, 2.24) is 4.98 Å². The van der Waals surface area contributed by atoms with Crippen molar-refractivity contribution in [2.45, 2.75) is 31.5 Å². The largest absolute Gasteiger partial charge is 1.00 e. The first-order valence-electron chi connectivity index (χ1n) is 10.7. The highest BCUT2D eigenvalue weighted by atomic mass is 35.5. The molecule has 3 nitrogen and oxygen atoms in total. The number of fused-ring (bicyclic) bond motifs is 4. The number of quaternary nitrogens is 1. The van der Waals surface area contributed by atoms with Crippen LogP contribution in [0.2, 0.25) is 0 Å². The van der Waals surface area contributed by atoms with Crippen LogP contribution in [0.1, 0.15) is 30.1 Å². The Morgan fingerprint density at radius 1 is 1.10 bits per heavy atom. The van der Waals surface area contributed by atoms with Gasteiger partial charge in [-0.05, 0) is 23.6 Å². The van der Waals surface area contributed by atoms with Crippen LogP contribution < -0.4 is 12.4 Å². The van der Waals surface area contributed by atoms with Gasteiger partial charge in [0.05, 0.1) is 18.6 Å². The number of hydrogen-bond donors (Lipinski definition) is 1. The molecule has 3 saturated heterocycles. The molecule has 3 aliphatic heterocycles. The third kappa shape index (κ3) is 3.56. The van der Waals surface area contributed by atoms with E-state index in [1.54, 1.807) is 0 Å². The Labute approximate surface area is 185 Å². The Balaban J connectivity index is 0.00000218. The third-order valence-corrected chi connectivity index (χ3v) is 7.38. The number of aromatic nitrogens is 1. The highest BCUT2D eigenvalue weighted by Crippen LogP contribution is 2.47. The van der Waals surface area contributed by atoms with Crippen molar-refractivity contribution < 1.29 is 22.0 Å². The zero-order valence-electron chi connectivity index (χ0n) is 17.2. The zero-order valence-corrected chi connectivity index (χ0v) is 18.0. The fourth-order valence-corrected chi connectivity index (χ4v) is 5.91. The Morgan fingerprint density at radius 3 is 2.67 bits per heavy atom. The van der Waals surface area contributed by atoms with Crippen molar-refractivity contribution >= 4 is 10.9 Å². The number of piperidine rings is 3. The van der Waals surface area contributed by atoms with E-state index in [0.29, 0.717) is 11.8 Å². The lowest BCUT2D eigenvalue weighted by Crippen LogP contribution is -3.00. The molecule has 4 heteroatoms. The third-order valence-electron chi connectivity index (χ3n) is 7.38. The van der Waals surface area contributed by atoms with E-state index in [-0.39, 0.29) is 18.4 Å². The summed E-state index contributed by atoms with van der Waals surface area (Å²) < 4.78 is 0.953. The molecule has 3 fully saturated rings. The molecule has 156 valence electrons. The number of pyridine rings is 1. The molecule has 0 radical (unpaired) electrons. The minimum absolute atomic E-state index is 0. The maximum Gasteiger partial charge on any atom is 0.131 e. The van der Waals surface area contributed by atoms with Crippen molar-refractivity contribution in [3.8, 4) is 0 Å². The number of hydrogen-bond acceptors (Lipinski definition) is 2. The molecule has 2 aromatic carbocycles. The van der Waals surface area contributed by atoms with Gasteiger partial charge in [-0.2, -0.15) is 0 Å². The molecule has 3 aliphatic rings. The van der Waals surface area contributed by atoms with Gasteiger partial charge in [0.1, 0.15) is 18.7 Å². The van der Waals surface area contributed by atoms with E-state index in [9.17, 15) is 5.11 Å². The molecule has 5 atom stereocenters. The summed E-state index contributed by atoms with van der Waals surface area (Å²) in [6.07, 6.45) is 5.79. The van der Waals surface area contributed by atoms with Gasteiger partial charge in [0, 0.05) is 35.9 Å². The summed E-state index contributed by atoms with van der Waals surface area (Å²) in [4.78, 5) is 4.50. The second-order valence-corrected chi connectivity index (χ2v) is 8.88. The van der Waals surface area contributed by atoms with Crippen molar-refractivity contribution in [2.75, 3.05) is 13.1 Å². The summed E-state index contributed by atoms with van der Waals surface area (Å²) >= 11 is 0. The second-order valence-electron chi connectivity index (χ2n) is 8.88. The number of benzene rings is 2. The highest BCUT2D eigenvalue weighted by molar-refractivity contribution is 5.82. The van der Waals surface area contributed by atoms with Gasteiger partial charge < -0.3 is 22.0 Å². The van der Waals surface area contributed by atoms with Crippen LogP contribution in [-0.4, -0.2) is 33.7 Å². The van der Waals surface area contributed by atoms with Gasteiger partial charge in [-0.3, -0.25) is 4.98 Å². The lowest BCUT2D eigenvalue weighted by molar-refractivity contribution is -0.984. The summed E-state index contributed by atoms with van der Waals surface area (Å²) in [6.45, 7) is 7.32. The molecule has 3 unspecified atom stereocenters. The molecule has 4 heterocycles. The molecule has 1 N–H and O–H groups in total. The number of para-hydroxylation sites is 1. The van der Waals surface area contributed by atoms with Crippen LogP contribution in [0.3, 0.4) is 0 Å². The summed E-state index contributed by atoms with van der Waals surface area (Å²) in [5, 5.41) is 12.8. The van der Waals surface area contributed by atoms with Crippen LogP contribution in [0.25, 0.3) is 10.9 Å². The predicted molar refractivity (Wildman–Crippen MR) is 117 cm³/mol. The Morgan fingerprint density at radius 2 is 1.87 bits per heavy atom. The number of nitrogens with zero attached hydrogens (tertiary/aromatic N) is 2. The Kier molecular flexibility index (Phi) is 5.97. The molecule has 3 aromatic rings. The summed E-state index contributed by atoms with van der Waals surface area (Å²) in [6, 6.07) is 21.2. The molecule has 0 spiro atoms. The van der Waals surface area contributed by atoms with Crippen molar-refractivity contribution in [3.05, 3.63) is 90.6 Å². The van der Waals surface area contributed by atoms with E-state index < -0.39 is 6.10 Å². The maximum absolute atomic E-state index is 11.7. The monoisotopic (exact) mass is 420 g/mol. The minimum Gasteiger partial charge on any atom is -1.00 e. The van der Waals surface area contributed by atoms with E-state index in [4.69, 9.17) is 0 Å². The quantitative estimate of drug-likeness (QED) is 0.505. The summed E-state index contributed by atoms with van der Waals surface area (Å²) in [5.74, 6) is 1.18. The van der Waals surface area contributed by atoms with Gasteiger partial charge >= 0.3 is 0 Å². The molecule has 0 saturated carbocycles. The SMILES string of the molecule is C=CC1C[N+]2(Cc3ccccc3)CCC1C[C@@H]2[C@@H](O)c1ccnc2ccccc12.[Cl-]. The van der Waals surface area contributed by atoms with E-state index >= 15 is 0 Å². The molecule has 1 aromatic heterocycles. The van der Waals surface area contributed by atoms with Crippen LogP contribution in [-0.2, 0) is 6.54 Å². The topological polar surface area (TPSA) is 33.1 Å². The van der Waals surface area contributed by atoms with Gasteiger partial charge in [0.25, 0.3) is 0 Å². The van der Waals surface area contributed by atoms with E-state index in [1.165, 1.54) is 12.0 Å². The smallest absolute Gasteiger partial charge is 0.131 e. The highest BCUT2D eigenvalue weighted by Gasteiger charge is 2.53. The van der Waals surface area contributed by atoms with Crippen molar-refractivity contribution in [3.63, 3.8) is 0 Å².